The summed E-state index contributed by atoms with van der Waals surface area (Å²) in [6, 6.07) is 3.83. The van der Waals surface area contributed by atoms with Crippen LogP contribution in [0.25, 0.3) is 0 Å². The average molecular weight is 144 g/mol. The van der Waals surface area contributed by atoms with Gasteiger partial charge < -0.3 is 0 Å². The van der Waals surface area contributed by atoms with Crippen molar-refractivity contribution in [1.82, 2.24) is 0 Å². The summed E-state index contributed by atoms with van der Waals surface area (Å²) in [6.07, 6.45) is 4.12. The molecule has 0 radical (unpaired) electrons. The lowest BCUT2D eigenvalue weighted by Crippen LogP contribution is -1.82. The van der Waals surface area contributed by atoms with E-state index in [1.807, 2.05) is 18.2 Å². The van der Waals surface area contributed by atoms with Gasteiger partial charge in [-0.25, -0.2) is 0 Å². The summed E-state index contributed by atoms with van der Waals surface area (Å²) in [5, 5.41) is 17.0. The molecule has 0 amide bonds. The zero-order chi connectivity index (χ0) is 8.27. The molecule has 0 saturated heterocycles. The molecule has 0 aromatic rings. The fourth-order valence-corrected chi connectivity index (χ4v) is 0.764. The number of hydrogen-bond acceptors (Lipinski definition) is 2. The Morgan fingerprint density at radius 1 is 1.36 bits per heavy atom. The number of rotatable bonds is 2. The maximum Gasteiger partial charge on any atom is 0.100 e. The van der Waals surface area contributed by atoms with Crippen LogP contribution in [0, 0.1) is 28.6 Å². The van der Waals surface area contributed by atoms with Crippen molar-refractivity contribution >= 4 is 0 Å². The number of nitrogens with zero attached hydrogens (tertiary/aromatic N) is 2. The van der Waals surface area contributed by atoms with E-state index in [9.17, 15) is 0 Å². The zero-order valence-electron chi connectivity index (χ0n) is 6.17. The summed E-state index contributed by atoms with van der Waals surface area (Å²) in [5.41, 5.74) is 0.717. The molecular formula is C9H8N2. The second kappa shape index (κ2) is 3.03. The second-order valence-electron chi connectivity index (χ2n) is 2.62. The molecule has 1 fully saturated rings. The van der Waals surface area contributed by atoms with Gasteiger partial charge in [-0.3, -0.25) is 0 Å². The molecule has 0 spiro atoms. The molecule has 0 atom stereocenters. The summed E-state index contributed by atoms with van der Waals surface area (Å²) >= 11 is 0. The first-order valence-electron chi connectivity index (χ1n) is 3.49. The van der Waals surface area contributed by atoms with Crippen molar-refractivity contribution in [2.24, 2.45) is 5.92 Å². The smallest absolute Gasteiger partial charge is 0.100 e. The first kappa shape index (κ1) is 7.57. The third kappa shape index (κ3) is 1.95. The molecule has 1 rings (SSSR count). The van der Waals surface area contributed by atoms with E-state index in [-0.39, 0.29) is 5.57 Å². The van der Waals surface area contributed by atoms with E-state index in [1.54, 1.807) is 0 Å². The Morgan fingerprint density at radius 3 is 2.36 bits per heavy atom. The molecule has 0 bridgehead atoms. The van der Waals surface area contributed by atoms with Crippen molar-refractivity contribution in [3.63, 3.8) is 0 Å². The van der Waals surface area contributed by atoms with E-state index in [2.05, 4.69) is 6.58 Å². The quantitative estimate of drug-likeness (QED) is 0.439. The van der Waals surface area contributed by atoms with Gasteiger partial charge in [-0.15, -0.1) is 0 Å². The van der Waals surface area contributed by atoms with Gasteiger partial charge in [0, 0.05) is 0 Å². The van der Waals surface area contributed by atoms with Crippen LogP contribution in [0.3, 0.4) is 0 Å². The Hall–Kier alpha value is -1.54. The molecule has 2 heteroatoms. The molecule has 0 aliphatic heterocycles. The Bertz CT molecular complexity index is 282. The summed E-state index contributed by atoms with van der Waals surface area (Å²) < 4.78 is 0. The van der Waals surface area contributed by atoms with Crippen LogP contribution in [0.5, 0.6) is 0 Å². The largest absolute Gasteiger partial charge is 0.192 e. The van der Waals surface area contributed by atoms with E-state index < -0.39 is 0 Å². The first-order chi connectivity index (χ1) is 5.27. The van der Waals surface area contributed by atoms with Crippen LogP contribution in [0.2, 0.25) is 0 Å². The molecule has 54 valence electrons. The number of allylic oxidation sites excluding steroid dienone is 3. The van der Waals surface area contributed by atoms with Crippen LogP contribution in [0.4, 0.5) is 0 Å². The van der Waals surface area contributed by atoms with Crippen LogP contribution in [0.15, 0.2) is 23.8 Å². The Kier molecular flexibility index (Phi) is 2.09. The SMILES string of the molecule is C=C(C#N)C(C#N)=CC1CC1. The van der Waals surface area contributed by atoms with Gasteiger partial charge >= 0.3 is 0 Å². The highest BCUT2D eigenvalue weighted by molar-refractivity contribution is 5.48. The molecule has 1 aliphatic rings. The lowest BCUT2D eigenvalue weighted by atomic mass is 10.1. The highest BCUT2D eigenvalue weighted by Crippen LogP contribution is 2.32. The third-order valence-electron chi connectivity index (χ3n) is 1.60. The molecule has 0 aromatic carbocycles. The van der Waals surface area contributed by atoms with Crippen molar-refractivity contribution in [2.75, 3.05) is 0 Å². The topological polar surface area (TPSA) is 47.6 Å². The van der Waals surface area contributed by atoms with Gasteiger partial charge in [0.25, 0.3) is 0 Å². The Balaban J connectivity index is 2.72. The van der Waals surface area contributed by atoms with E-state index >= 15 is 0 Å². The van der Waals surface area contributed by atoms with Crippen LogP contribution >= 0.6 is 0 Å². The summed E-state index contributed by atoms with van der Waals surface area (Å²) in [6.45, 7) is 3.47. The van der Waals surface area contributed by atoms with Gasteiger partial charge in [0.15, 0.2) is 0 Å². The molecule has 1 saturated carbocycles. The van der Waals surface area contributed by atoms with Gasteiger partial charge in [-0.1, -0.05) is 12.7 Å². The van der Waals surface area contributed by atoms with Gasteiger partial charge in [-0.05, 0) is 18.8 Å². The van der Waals surface area contributed by atoms with E-state index in [1.165, 1.54) is 0 Å². The van der Waals surface area contributed by atoms with Crippen molar-refractivity contribution < 1.29 is 0 Å². The molecular weight excluding hydrogens is 136 g/mol. The highest BCUT2D eigenvalue weighted by Gasteiger charge is 2.19. The lowest BCUT2D eigenvalue weighted by Gasteiger charge is -1.89. The van der Waals surface area contributed by atoms with Crippen molar-refractivity contribution in [2.45, 2.75) is 12.8 Å². The van der Waals surface area contributed by atoms with Crippen molar-refractivity contribution in [3.8, 4) is 12.1 Å². The molecule has 0 unspecified atom stereocenters. The minimum atomic E-state index is 0.277. The number of hydrogen-bond donors (Lipinski definition) is 0. The molecule has 0 N–H and O–H groups in total. The minimum Gasteiger partial charge on any atom is -0.192 e. The Morgan fingerprint density at radius 2 is 2.00 bits per heavy atom. The Labute approximate surface area is 66.1 Å². The van der Waals surface area contributed by atoms with E-state index in [4.69, 9.17) is 10.5 Å². The maximum atomic E-state index is 8.57. The van der Waals surface area contributed by atoms with Crippen LogP contribution in [0.1, 0.15) is 12.8 Å². The fourth-order valence-electron chi connectivity index (χ4n) is 0.764. The monoisotopic (exact) mass is 144 g/mol. The molecule has 1 aliphatic carbocycles. The molecule has 0 aromatic heterocycles. The molecule has 11 heavy (non-hydrogen) atoms. The normalized spacial score (nSPS) is 16.7. The lowest BCUT2D eigenvalue weighted by molar-refractivity contribution is 1.11. The van der Waals surface area contributed by atoms with E-state index in [0.29, 0.717) is 11.5 Å². The van der Waals surface area contributed by atoms with Crippen molar-refractivity contribution in [3.05, 3.63) is 23.8 Å². The summed E-state index contributed by atoms with van der Waals surface area (Å²) in [7, 11) is 0. The van der Waals surface area contributed by atoms with Crippen LogP contribution in [-0.2, 0) is 0 Å². The second-order valence-corrected chi connectivity index (χ2v) is 2.62. The predicted octanol–water partition coefficient (Wildman–Crippen LogP) is 1.93. The highest BCUT2D eigenvalue weighted by atomic mass is 14.3. The zero-order valence-corrected chi connectivity index (χ0v) is 6.17. The van der Waals surface area contributed by atoms with Gasteiger partial charge in [0.05, 0.1) is 17.2 Å². The van der Waals surface area contributed by atoms with Crippen molar-refractivity contribution in [1.29, 1.82) is 10.5 Å². The molecule has 0 heterocycles. The van der Waals surface area contributed by atoms with Crippen LogP contribution < -0.4 is 0 Å². The average Bonchev–Trinajstić information content (AvgIpc) is 2.82. The maximum absolute atomic E-state index is 8.57. The summed E-state index contributed by atoms with van der Waals surface area (Å²) in [5.74, 6) is 0.523. The van der Waals surface area contributed by atoms with E-state index in [0.717, 1.165) is 12.8 Å². The van der Waals surface area contributed by atoms with Crippen LogP contribution in [-0.4, -0.2) is 0 Å². The van der Waals surface area contributed by atoms with Gasteiger partial charge in [0.2, 0.25) is 0 Å². The standard InChI is InChI=1S/C9H8N2/c1-7(5-10)9(6-11)4-8-2-3-8/h4,8H,1-3H2. The fraction of sp³-hybridized carbons (Fsp3) is 0.333. The number of nitriles is 2. The minimum absolute atomic E-state index is 0.277. The molecule has 2 nitrogen and oxygen atoms in total. The van der Waals surface area contributed by atoms with Gasteiger partial charge in [0.1, 0.15) is 6.07 Å². The van der Waals surface area contributed by atoms with Gasteiger partial charge in [-0.2, -0.15) is 10.5 Å². The first-order valence-corrected chi connectivity index (χ1v) is 3.49. The predicted molar refractivity (Wildman–Crippen MR) is 41.2 cm³/mol. The third-order valence-corrected chi connectivity index (χ3v) is 1.60. The summed E-state index contributed by atoms with van der Waals surface area (Å²) in [4.78, 5) is 0.